The summed E-state index contributed by atoms with van der Waals surface area (Å²) in [5.74, 6) is 2.43. The quantitative estimate of drug-likeness (QED) is 0.728. The summed E-state index contributed by atoms with van der Waals surface area (Å²) >= 11 is 0. The Morgan fingerprint density at radius 2 is 1.75 bits per heavy atom. The molecule has 0 spiro atoms. The van der Waals surface area contributed by atoms with Crippen molar-refractivity contribution >= 4 is 11.9 Å². The highest BCUT2D eigenvalue weighted by atomic mass is 16.6. The van der Waals surface area contributed by atoms with Crippen molar-refractivity contribution in [2.24, 2.45) is 23.2 Å². The largest absolute Gasteiger partial charge is 0.482 e. The number of ether oxygens (including phenoxy) is 2. The molecule has 1 atom stereocenters. The zero-order valence-corrected chi connectivity index (χ0v) is 16.9. The summed E-state index contributed by atoms with van der Waals surface area (Å²) < 4.78 is 10.5. The van der Waals surface area contributed by atoms with Gasteiger partial charge in [0.15, 0.2) is 13.2 Å². The molecule has 0 heterocycles. The summed E-state index contributed by atoms with van der Waals surface area (Å²) in [4.78, 5) is 24.2. The van der Waals surface area contributed by atoms with Crippen LogP contribution in [0.25, 0.3) is 0 Å². The van der Waals surface area contributed by atoms with E-state index < -0.39 is 5.97 Å². The maximum atomic E-state index is 12.3. The molecule has 0 aliphatic heterocycles. The van der Waals surface area contributed by atoms with E-state index in [1.54, 1.807) is 6.07 Å². The van der Waals surface area contributed by atoms with Gasteiger partial charge in [0.05, 0.1) is 0 Å². The van der Waals surface area contributed by atoms with Crippen LogP contribution >= 0.6 is 0 Å². The van der Waals surface area contributed by atoms with E-state index in [-0.39, 0.29) is 30.6 Å². The van der Waals surface area contributed by atoms with Gasteiger partial charge in [-0.05, 0) is 93.2 Å². The molecule has 28 heavy (non-hydrogen) atoms. The predicted octanol–water partition coefficient (Wildman–Crippen LogP) is 3.64. The molecule has 5 heteroatoms. The number of rotatable bonds is 7. The van der Waals surface area contributed by atoms with E-state index in [1.165, 1.54) is 38.5 Å². The molecule has 0 saturated heterocycles. The van der Waals surface area contributed by atoms with Crippen LogP contribution < -0.4 is 10.1 Å². The molecule has 1 amide bonds. The lowest BCUT2D eigenvalue weighted by Crippen LogP contribution is -2.56. The Kier molecular flexibility index (Phi) is 5.35. The molecule has 0 aromatic heterocycles. The first kappa shape index (κ1) is 19.3. The molecule has 5 rings (SSSR count). The maximum Gasteiger partial charge on any atom is 0.344 e. The number of amides is 1. The molecule has 1 aromatic carbocycles. The SMILES string of the molecule is Cc1cccc(OCC(=O)OCC(=O)N[C@H](C)C23CC4CC(CC(C4)C2)C3)c1. The summed E-state index contributed by atoms with van der Waals surface area (Å²) in [6.07, 6.45) is 7.88. The van der Waals surface area contributed by atoms with E-state index in [4.69, 9.17) is 9.47 Å². The predicted molar refractivity (Wildman–Crippen MR) is 106 cm³/mol. The van der Waals surface area contributed by atoms with Crippen molar-refractivity contribution in [3.63, 3.8) is 0 Å². The summed E-state index contributed by atoms with van der Waals surface area (Å²) in [6, 6.07) is 7.61. The molecule has 4 saturated carbocycles. The van der Waals surface area contributed by atoms with Crippen molar-refractivity contribution in [3.8, 4) is 5.75 Å². The van der Waals surface area contributed by atoms with Crippen LogP contribution in [-0.2, 0) is 14.3 Å². The molecular weight excluding hydrogens is 354 g/mol. The minimum atomic E-state index is -0.529. The Hall–Kier alpha value is -2.04. The van der Waals surface area contributed by atoms with Crippen molar-refractivity contribution in [2.45, 2.75) is 58.4 Å². The van der Waals surface area contributed by atoms with E-state index in [1.807, 2.05) is 25.1 Å². The van der Waals surface area contributed by atoms with Crippen molar-refractivity contribution in [1.82, 2.24) is 5.32 Å². The van der Waals surface area contributed by atoms with Gasteiger partial charge in [-0.1, -0.05) is 12.1 Å². The van der Waals surface area contributed by atoms with Gasteiger partial charge in [0.2, 0.25) is 0 Å². The number of benzene rings is 1. The van der Waals surface area contributed by atoms with E-state index in [9.17, 15) is 9.59 Å². The van der Waals surface area contributed by atoms with Crippen LogP contribution in [0.4, 0.5) is 0 Å². The Bertz CT molecular complexity index is 709. The molecule has 152 valence electrons. The van der Waals surface area contributed by atoms with Crippen LogP contribution in [0.15, 0.2) is 24.3 Å². The zero-order chi connectivity index (χ0) is 19.7. The van der Waals surface area contributed by atoms with Crippen molar-refractivity contribution in [3.05, 3.63) is 29.8 Å². The van der Waals surface area contributed by atoms with E-state index >= 15 is 0 Å². The number of hydrogen-bond donors (Lipinski definition) is 1. The second kappa shape index (κ2) is 7.76. The fraction of sp³-hybridized carbons (Fsp3) is 0.652. The Labute approximate surface area is 167 Å². The molecule has 0 unspecified atom stereocenters. The third kappa shape index (κ3) is 4.18. The number of hydrogen-bond acceptors (Lipinski definition) is 4. The van der Waals surface area contributed by atoms with Crippen molar-refractivity contribution < 1.29 is 19.1 Å². The van der Waals surface area contributed by atoms with E-state index in [0.29, 0.717) is 5.75 Å². The fourth-order valence-corrected chi connectivity index (χ4v) is 6.18. The van der Waals surface area contributed by atoms with Crippen LogP contribution in [0.5, 0.6) is 5.75 Å². The van der Waals surface area contributed by atoms with Crippen molar-refractivity contribution in [1.29, 1.82) is 0 Å². The van der Waals surface area contributed by atoms with Gasteiger partial charge >= 0.3 is 5.97 Å². The highest BCUT2D eigenvalue weighted by molar-refractivity contribution is 5.81. The van der Waals surface area contributed by atoms with E-state index in [0.717, 1.165) is 23.3 Å². The second-order valence-electron chi connectivity index (χ2n) is 9.33. The van der Waals surface area contributed by atoms with Gasteiger partial charge < -0.3 is 14.8 Å². The van der Waals surface area contributed by atoms with Gasteiger partial charge in [-0.3, -0.25) is 4.79 Å². The number of esters is 1. The average Bonchev–Trinajstić information content (AvgIpc) is 2.63. The van der Waals surface area contributed by atoms with Crippen LogP contribution in [0.3, 0.4) is 0 Å². The molecule has 4 aliphatic rings. The number of aryl methyl sites for hydroxylation is 1. The topological polar surface area (TPSA) is 64.6 Å². The third-order valence-corrected chi connectivity index (χ3v) is 7.09. The zero-order valence-electron chi connectivity index (χ0n) is 16.9. The molecule has 0 radical (unpaired) electrons. The van der Waals surface area contributed by atoms with Gasteiger partial charge in [-0.15, -0.1) is 0 Å². The minimum absolute atomic E-state index is 0.135. The number of nitrogens with one attached hydrogen (secondary N) is 1. The molecule has 1 N–H and O–H groups in total. The summed E-state index contributed by atoms with van der Waals surface area (Å²) in [6.45, 7) is 3.65. The number of carbonyl (C=O) groups is 2. The summed E-state index contributed by atoms with van der Waals surface area (Å²) in [5, 5.41) is 3.12. The first-order valence-electron chi connectivity index (χ1n) is 10.6. The molecule has 5 nitrogen and oxygen atoms in total. The highest BCUT2D eigenvalue weighted by Crippen LogP contribution is 2.61. The average molecular weight is 386 g/mol. The standard InChI is InChI=1S/C23H31NO4/c1-15-4-3-5-20(6-15)27-14-22(26)28-13-21(25)24-16(2)23-10-17-7-18(11-23)9-19(8-17)12-23/h3-6,16-19H,7-14H2,1-2H3,(H,24,25)/t16-,17?,18?,19?,23?/m1/s1. The molecule has 4 bridgehead atoms. The second-order valence-corrected chi connectivity index (χ2v) is 9.33. The fourth-order valence-electron chi connectivity index (χ4n) is 6.18. The summed E-state index contributed by atoms with van der Waals surface area (Å²) in [5.41, 5.74) is 1.31. The maximum absolute atomic E-state index is 12.3. The highest BCUT2D eigenvalue weighted by Gasteiger charge is 2.53. The normalized spacial score (nSPS) is 31.3. The van der Waals surface area contributed by atoms with E-state index in [2.05, 4.69) is 12.2 Å². The lowest BCUT2D eigenvalue weighted by molar-refractivity contribution is -0.151. The lowest BCUT2D eigenvalue weighted by Gasteiger charge is -2.59. The lowest BCUT2D eigenvalue weighted by atomic mass is 9.48. The minimum Gasteiger partial charge on any atom is -0.482 e. The smallest absolute Gasteiger partial charge is 0.344 e. The Morgan fingerprint density at radius 1 is 1.11 bits per heavy atom. The monoisotopic (exact) mass is 385 g/mol. The molecular formula is C23H31NO4. The Morgan fingerprint density at radius 3 is 2.36 bits per heavy atom. The van der Waals surface area contributed by atoms with Gasteiger partial charge in [-0.25, -0.2) is 4.79 Å². The van der Waals surface area contributed by atoms with Gasteiger partial charge in [0.1, 0.15) is 5.75 Å². The third-order valence-electron chi connectivity index (χ3n) is 7.09. The van der Waals surface area contributed by atoms with Crippen LogP contribution in [0.1, 0.15) is 51.0 Å². The van der Waals surface area contributed by atoms with Crippen LogP contribution in [0.2, 0.25) is 0 Å². The van der Waals surface area contributed by atoms with Crippen LogP contribution in [0, 0.1) is 30.1 Å². The molecule has 4 fully saturated rings. The van der Waals surface area contributed by atoms with Crippen molar-refractivity contribution in [2.75, 3.05) is 13.2 Å². The van der Waals surface area contributed by atoms with Gasteiger partial charge in [0.25, 0.3) is 5.91 Å². The van der Waals surface area contributed by atoms with Crippen LogP contribution in [-0.4, -0.2) is 31.1 Å². The summed E-state index contributed by atoms with van der Waals surface area (Å²) in [7, 11) is 0. The van der Waals surface area contributed by atoms with Gasteiger partial charge in [0, 0.05) is 6.04 Å². The first-order valence-corrected chi connectivity index (χ1v) is 10.6. The van der Waals surface area contributed by atoms with Gasteiger partial charge in [-0.2, -0.15) is 0 Å². The first-order chi connectivity index (χ1) is 13.4. The molecule has 4 aliphatic carbocycles. The number of carbonyl (C=O) groups excluding carboxylic acids is 2. The Balaban J connectivity index is 1.22. The molecule has 1 aromatic rings.